The van der Waals surface area contributed by atoms with Crippen molar-refractivity contribution < 1.29 is 51.8 Å². The minimum atomic E-state index is -2.32. The molecule has 4 rings (SSSR count). The second kappa shape index (κ2) is 20.6. The van der Waals surface area contributed by atoms with Crippen LogP contribution in [0.4, 0.5) is 26.3 Å². The number of nitrogens with one attached hydrogen (secondary N) is 1. The first-order chi connectivity index (χ1) is 31.0. The zero-order valence-corrected chi connectivity index (χ0v) is 45.9. The van der Waals surface area contributed by atoms with Crippen molar-refractivity contribution in [1.82, 2.24) is 39.9 Å². The number of imide groups is 1. The number of carbonyl (C=O) groups is 5. The van der Waals surface area contributed by atoms with E-state index in [2.05, 4.69) is 94.5 Å². The summed E-state index contributed by atoms with van der Waals surface area (Å²) in [5.41, 5.74) is 1.62. The molecule has 380 valence electrons. The van der Waals surface area contributed by atoms with E-state index in [1.807, 2.05) is 13.1 Å². The number of hydrogen-bond acceptors (Lipinski definition) is 20. The van der Waals surface area contributed by atoms with Crippen LogP contribution in [0, 0.1) is 0 Å². The number of nitrogens with zero attached hydrogens (tertiary/aromatic N) is 8. The smallest absolute Gasteiger partial charge is 0.443 e. The first kappa shape index (κ1) is 57.5. The molecule has 0 spiro atoms. The molecule has 0 aliphatic heterocycles. The number of anilines is 2. The fourth-order valence-electron chi connectivity index (χ4n) is 5.18. The Kier molecular flexibility index (Phi) is 17.2. The van der Waals surface area contributed by atoms with Gasteiger partial charge in [0.15, 0.2) is 39.0 Å². The van der Waals surface area contributed by atoms with E-state index >= 15 is 0 Å². The SMILES string of the molecule is C[C@H](O[Si](C)(C)C(C)(C)C)C(=O)c1cnc2nc(N(C(=O)OC(C)(C)C)C(=O)OC(C)(C)C)nc(OC(=O)OC(C)(C)C)c2n1.C[C@H](O[Si](C)(C)C(C)(C)C)C(=O)c1cnc2nc(N)[nH]c(=O)c2n1. The van der Waals surface area contributed by atoms with Gasteiger partial charge in [0.25, 0.3) is 11.4 Å². The van der Waals surface area contributed by atoms with Crippen molar-refractivity contribution in [3.8, 4) is 5.88 Å². The normalized spacial score (nSPS) is 13.7. The molecule has 2 atom stereocenters. The van der Waals surface area contributed by atoms with Gasteiger partial charge in [0.1, 0.15) is 40.4 Å². The monoisotopic (exact) mass is 998 g/mol. The highest BCUT2D eigenvalue weighted by molar-refractivity contribution is 6.74. The number of fused-ring (bicyclic) bond motifs is 2. The Morgan fingerprint density at radius 2 is 0.986 bits per heavy atom. The van der Waals surface area contributed by atoms with Crippen LogP contribution in [0.3, 0.4) is 0 Å². The molecule has 4 aromatic rings. The fraction of sp³-hybridized carbons (Fsp3) is 0.622. The molecule has 0 aliphatic rings. The maximum Gasteiger partial charge on any atom is 0.515 e. The maximum atomic E-state index is 13.4. The highest BCUT2D eigenvalue weighted by Gasteiger charge is 2.42. The second-order valence-corrected chi connectivity index (χ2v) is 31.8. The number of H-pyrrole nitrogens is 1. The van der Waals surface area contributed by atoms with E-state index in [1.54, 1.807) is 76.2 Å². The van der Waals surface area contributed by atoms with Gasteiger partial charge in [-0.2, -0.15) is 15.0 Å². The molecule has 0 saturated carbocycles. The molecular formula is C45H70N10O12Si2. The molecule has 4 aromatic heterocycles. The molecule has 0 saturated heterocycles. The molecule has 24 heteroatoms. The Bertz CT molecular complexity index is 2610. The van der Waals surface area contributed by atoms with Gasteiger partial charge in [-0.25, -0.2) is 34.3 Å². The lowest BCUT2D eigenvalue weighted by Crippen LogP contribution is -2.45. The van der Waals surface area contributed by atoms with Crippen LogP contribution < -0.4 is 20.9 Å². The first-order valence-electron chi connectivity index (χ1n) is 22.2. The summed E-state index contributed by atoms with van der Waals surface area (Å²) in [6, 6.07) is 0. The third-order valence-corrected chi connectivity index (χ3v) is 19.6. The van der Waals surface area contributed by atoms with Crippen LogP contribution in [0.25, 0.3) is 22.3 Å². The standard InChI is InChI=1S/C30H47N5O9Si.C15H23N5O3Si/c1-17(44-45(14,15)30(11,12)13)20(36)18-16-31-21-19(32-18)22(40-26(39)43-29(8,9)10)34-23(33-21)35(24(37)41-27(2,3)4)25(38)42-28(5,6)7;1-8(23-24(5,6)15(2,3)4)11(21)9-7-17-12-10(18-9)13(22)20-14(16)19-12/h16-17H,1-15H3;7-8H,1-6H3,(H3,16,17,19,20,22)/t17-;8-/m00/s1. The third kappa shape index (κ3) is 15.8. The van der Waals surface area contributed by atoms with Gasteiger partial charge < -0.3 is 33.5 Å². The van der Waals surface area contributed by atoms with Gasteiger partial charge in [0.05, 0.1) is 12.4 Å². The Balaban J connectivity index is 0.000000439. The van der Waals surface area contributed by atoms with Gasteiger partial charge in [-0.15, -0.1) is 4.90 Å². The molecule has 0 unspecified atom stereocenters. The summed E-state index contributed by atoms with van der Waals surface area (Å²) < 4.78 is 33.8. The third-order valence-electron chi connectivity index (χ3n) is 10.5. The van der Waals surface area contributed by atoms with E-state index in [4.69, 9.17) is 33.5 Å². The number of amides is 2. The van der Waals surface area contributed by atoms with Crippen molar-refractivity contribution in [3.05, 3.63) is 34.1 Å². The zero-order valence-electron chi connectivity index (χ0n) is 43.9. The first-order valence-corrected chi connectivity index (χ1v) is 28.0. The van der Waals surface area contributed by atoms with Gasteiger partial charge in [0, 0.05) is 0 Å². The van der Waals surface area contributed by atoms with Crippen molar-refractivity contribution in [2.75, 3.05) is 10.6 Å². The number of hydrogen-bond donors (Lipinski definition) is 2. The number of nitrogens with two attached hydrogens (primary N) is 1. The summed E-state index contributed by atoms with van der Waals surface area (Å²) in [7, 11) is -4.42. The molecule has 0 aliphatic carbocycles. The van der Waals surface area contributed by atoms with E-state index < -0.39 is 87.2 Å². The number of aromatic nitrogens is 8. The molecule has 2 amide bonds. The van der Waals surface area contributed by atoms with Gasteiger partial charge in [-0.1, -0.05) is 41.5 Å². The van der Waals surface area contributed by atoms with Crippen molar-refractivity contribution in [2.45, 2.75) is 183 Å². The molecule has 0 fully saturated rings. The largest absolute Gasteiger partial charge is 0.515 e. The lowest BCUT2D eigenvalue weighted by atomic mass is 10.2. The van der Waals surface area contributed by atoms with Crippen LogP contribution in [0.15, 0.2) is 17.2 Å². The highest BCUT2D eigenvalue weighted by atomic mass is 28.4. The van der Waals surface area contributed by atoms with Crippen molar-refractivity contribution in [2.24, 2.45) is 0 Å². The van der Waals surface area contributed by atoms with Crippen molar-refractivity contribution in [1.29, 1.82) is 0 Å². The summed E-state index contributed by atoms with van der Waals surface area (Å²) in [5.74, 6) is -1.93. The molecule has 4 heterocycles. The number of ketones is 2. The van der Waals surface area contributed by atoms with Crippen LogP contribution in [0.1, 0.15) is 139 Å². The van der Waals surface area contributed by atoms with Crippen LogP contribution in [0.5, 0.6) is 5.88 Å². The Labute approximate surface area is 404 Å². The number of Topliss-reactive ketones (excluding diaryl/α,β-unsaturated/α-hetero) is 2. The van der Waals surface area contributed by atoms with Crippen molar-refractivity contribution >= 4 is 80.8 Å². The summed E-state index contributed by atoms with van der Waals surface area (Å²) in [4.78, 5) is 109. The predicted octanol–water partition coefficient (Wildman–Crippen LogP) is 8.89. The molecule has 69 heavy (non-hydrogen) atoms. The van der Waals surface area contributed by atoms with Gasteiger partial charge in [-0.3, -0.25) is 19.4 Å². The summed E-state index contributed by atoms with van der Waals surface area (Å²) >= 11 is 0. The molecule has 0 bridgehead atoms. The minimum Gasteiger partial charge on any atom is -0.443 e. The maximum absolute atomic E-state index is 13.4. The van der Waals surface area contributed by atoms with Crippen LogP contribution in [-0.2, 0) is 23.1 Å². The average molecular weight is 999 g/mol. The number of carbonyl (C=O) groups excluding carboxylic acids is 5. The van der Waals surface area contributed by atoms with Crippen LogP contribution >= 0.6 is 0 Å². The van der Waals surface area contributed by atoms with E-state index in [1.165, 1.54) is 12.4 Å². The highest BCUT2D eigenvalue weighted by Crippen LogP contribution is 2.39. The number of rotatable bonds is 10. The van der Waals surface area contributed by atoms with Crippen LogP contribution in [0.2, 0.25) is 36.3 Å². The zero-order chi connectivity index (χ0) is 53.2. The van der Waals surface area contributed by atoms with Gasteiger partial charge >= 0.3 is 18.3 Å². The number of ether oxygens (including phenoxy) is 4. The van der Waals surface area contributed by atoms with E-state index in [9.17, 15) is 28.8 Å². The lowest BCUT2D eigenvalue weighted by Gasteiger charge is -2.37. The molecule has 22 nitrogen and oxygen atoms in total. The molecule has 0 radical (unpaired) electrons. The minimum absolute atomic E-state index is 0.0187. The Morgan fingerprint density at radius 1 is 0.594 bits per heavy atom. The number of nitrogen functional groups attached to an aromatic ring is 1. The molecule has 3 N–H and O–H groups in total. The van der Waals surface area contributed by atoms with Crippen molar-refractivity contribution in [3.63, 3.8) is 0 Å². The topological polar surface area (TPSA) is 293 Å². The van der Waals surface area contributed by atoms with Gasteiger partial charge in [-0.05, 0) is 112 Å². The predicted molar refractivity (Wildman–Crippen MR) is 263 cm³/mol. The lowest BCUT2D eigenvalue weighted by molar-refractivity contribution is 0.0200. The van der Waals surface area contributed by atoms with E-state index in [0.29, 0.717) is 4.90 Å². The fourth-order valence-corrected chi connectivity index (χ4v) is 7.87. The van der Waals surface area contributed by atoms with E-state index in [0.717, 1.165) is 0 Å². The number of aromatic amines is 1. The average Bonchev–Trinajstić information content (AvgIpc) is 3.14. The molecular weight excluding hydrogens is 929 g/mol. The molecule has 0 aromatic carbocycles. The summed E-state index contributed by atoms with van der Waals surface area (Å²) in [6.07, 6.45) is -2.53. The second-order valence-electron chi connectivity index (χ2n) is 22.3. The van der Waals surface area contributed by atoms with Crippen LogP contribution in [-0.4, -0.2) is 115 Å². The van der Waals surface area contributed by atoms with Gasteiger partial charge in [0.2, 0.25) is 23.5 Å². The summed E-state index contributed by atoms with van der Waals surface area (Å²) in [5, 5.41) is -0.168. The van der Waals surface area contributed by atoms with E-state index in [-0.39, 0.29) is 55.5 Å². The Hall–Kier alpha value is -5.86. The quantitative estimate of drug-likeness (QED) is 0.0648. The summed E-state index contributed by atoms with van der Waals surface area (Å²) in [6.45, 7) is 38.5. The Morgan fingerprint density at radius 3 is 1.38 bits per heavy atom.